The van der Waals surface area contributed by atoms with Crippen molar-refractivity contribution in [3.8, 4) is 0 Å². The number of nitrogens with zero attached hydrogens (tertiary/aromatic N) is 1. The number of halogens is 1. The lowest BCUT2D eigenvalue weighted by molar-refractivity contribution is -0.211. The Morgan fingerprint density at radius 1 is 1.17 bits per heavy atom. The molecule has 0 aromatic heterocycles. The van der Waals surface area contributed by atoms with Crippen molar-refractivity contribution in [1.82, 2.24) is 5.06 Å². The molecule has 2 heterocycles. The monoisotopic (exact) mass is 174 g/mol. The number of hydrogen-bond acceptors (Lipinski definition) is 1. The van der Waals surface area contributed by atoms with Gasteiger partial charge in [-0.25, -0.2) is 4.39 Å². The maximum atomic E-state index is 13.1. The van der Waals surface area contributed by atoms with Crippen LogP contribution in [0.3, 0.4) is 0 Å². The molecule has 2 unspecified atom stereocenters. The van der Waals surface area contributed by atoms with Crippen molar-refractivity contribution in [2.45, 2.75) is 50.9 Å². The molecule has 2 nitrogen and oxygen atoms in total. The predicted molar refractivity (Wildman–Crippen MR) is 45.6 cm³/mol. The van der Waals surface area contributed by atoms with Crippen molar-refractivity contribution in [2.75, 3.05) is 0 Å². The van der Waals surface area contributed by atoms with E-state index in [-0.39, 0.29) is 12.1 Å². The van der Waals surface area contributed by atoms with Crippen LogP contribution in [0.5, 0.6) is 0 Å². The Kier molecular flexibility index (Phi) is 2.09. The fourth-order valence-corrected chi connectivity index (χ4v) is 2.66. The first-order valence-electron chi connectivity index (χ1n) is 4.80. The van der Waals surface area contributed by atoms with E-state index in [1.54, 1.807) is 5.06 Å². The number of hydrogen-bond donors (Lipinski definition) is 0. The first-order valence-corrected chi connectivity index (χ1v) is 4.80. The SMILES string of the molecule is CC1CC2CC(F)CC(C1)N2[OH2+]. The highest BCUT2D eigenvalue weighted by molar-refractivity contribution is 4.90. The Balaban J connectivity index is 2.08. The van der Waals surface area contributed by atoms with Gasteiger partial charge in [0.25, 0.3) is 0 Å². The van der Waals surface area contributed by atoms with E-state index in [0.717, 1.165) is 12.8 Å². The molecular weight excluding hydrogens is 157 g/mol. The normalized spacial score (nSPS) is 49.2. The maximum absolute atomic E-state index is 13.1. The Labute approximate surface area is 72.3 Å². The third-order valence-electron chi connectivity index (χ3n) is 3.19. The fourth-order valence-electron chi connectivity index (χ4n) is 2.66. The molecule has 70 valence electrons. The minimum atomic E-state index is -0.644. The number of fused-ring (bicyclic) bond motifs is 2. The van der Waals surface area contributed by atoms with Crippen molar-refractivity contribution < 1.29 is 9.60 Å². The van der Waals surface area contributed by atoms with Gasteiger partial charge in [0.05, 0.1) is 12.1 Å². The van der Waals surface area contributed by atoms with Crippen LogP contribution >= 0.6 is 0 Å². The molecule has 12 heavy (non-hydrogen) atoms. The summed E-state index contributed by atoms with van der Waals surface area (Å²) >= 11 is 0. The highest BCUT2D eigenvalue weighted by Gasteiger charge is 2.43. The van der Waals surface area contributed by atoms with Gasteiger partial charge in [-0.15, -0.1) is 0 Å². The Bertz CT molecular complexity index is 146. The van der Waals surface area contributed by atoms with E-state index in [1.807, 2.05) is 0 Å². The highest BCUT2D eigenvalue weighted by Crippen LogP contribution is 2.36. The Morgan fingerprint density at radius 2 is 1.67 bits per heavy atom. The molecule has 0 aromatic carbocycles. The summed E-state index contributed by atoms with van der Waals surface area (Å²) in [5.41, 5.74) is 0. The van der Waals surface area contributed by atoms with Gasteiger partial charge in [-0.2, -0.15) is 0 Å². The number of hydroxylamine groups is 2. The smallest absolute Gasteiger partial charge is 0.104 e. The van der Waals surface area contributed by atoms with Gasteiger partial charge in [-0.1, -0.05) is 12.0 Å². The van der Waals surface area contributed by atoms with E-state index >= 15 is 0 Å². The van der Waals surface area contributed by atoms with Gasteiger partial charge < -0.3 is 5.21 Å². The molecule has 2 atom stereocenters. The van der Waals surface area contributed by atoms with Crippen LogP contribution in [0, 0.1) is 5.92 Å². The van der Waals surface area contributed by atoms with E-state index in [4.69, 9.17) is 5.21 Å². The fraction of sp³-hybridized carbons (Fsp3) is 1.00. The lowest BCUT2D eigenvalue weighted by atomic mass is 9.80. The molecule has 0 aliphatic carbocycles. The van der Waals surface area contributed by atoms with Crippen LogP contribution < -0.4 is 0 Å². The molecule has 0 spiro atoms. The second-order valence-corrected chi connectivity index (χ2v) is 4.36. The summed E-state index contributed by atoms with van der Waals surface area (Å²) in [5.74, 6) is 0.689. The predicted octanol–water partition coefficient (Wildman–Crippen LogP) is 1.23. The first-order chi connectivity index (χ1) is 5.66. The van der Waals surface area contributed by atoms with Crippen LogP contribution in [0.15, 0.2) is 0 Å². The lowest BCUT2D eigenvalue weighted by Gasteiger charge is -2.42. The van der Waals surface area contributed by atoms with Gasteiger partial charge in [-0.3, -0.25) is 0 Å². The van der Waals surface area contributed by atoms with E-state index in [2.05, 4.69) is 6.92 Å². The third kappa shape index (κ3) is 1.36. The van der Waals surface area contributed by atoms with Gasteiger partial charge in [-0.05, 0) is 18.8 Å². The van der Waals surface area contributed by atoms with Crippen molar-refractivity contribution in [2.24, 2.45) is 5.92 Å². The third-order valence-corrected chi connectivity index (χ3v) is 3.19. The van der Waals surface area contributed by atoms with Crippen LogP contribution in [0.1, 0.15) is 32.6 Å². The van der Waals surface area contributed by atoms with Crippen LogP contribution in [-0.4, -0.2) is 28.5 Å². The molecule has 3 heteroatoms. The van der Waals surface area contributed by atoms with Gasteiger partial charge >= 0.3 is 0 Å². The second kappa shape index (κ2) is 2.96. The maximum Gasteiger partial charge on any atom is 0.104 e. The van der Waals surface area contributed by atoms with E-state index < -0.39 is 6.17 Å². The van der Waals surface area contributed by atoms with Gasteiger partial charge in [0, 0.05) is 12.8 Å². The Morgan fingerprint density at radius 3 is 2.17 bits per heavy atom. The van der Waals surface area contributed by atoms with E-state index in [1.165, 1.54) is 0 Å². The second-order valence-electron chi connectivity index (χ2n) is 4.36. The lowest BCUT2D eigenvalue weighted by Crippen LogP contribution is -2.52. The zero-order valence-corrected chi connectivity index (χ0v) is 7.46. The standard InChI is InChI=1S/C9H16FNO/c1-6-2-8-4-7(10)5-9(3-6)11(8)12/h6-9,12H,2-5H2,1H3/p+1. The molecule has 0 aromatic rings. The van der Waals surface area contributed by atoms with Crippen LogP contribution in [0.2, 0.25) is 0 Å². The van der Waals surface area contributed by atoms with Crippen LogP contribution in [0.25, 0.3) is 0 Å². The largest absolute Gasteiger partial charge is 0.338 e. The summed E-state index contributed by atoms with van der Waals surface area (Å²) in [5, 5.41) is 9.38. The molecule has 2 aliphatic heterocycles. The minimum absolute atomic E-state index is 0.197. The molecule has 2 saturated heterocycles. The average molecular weight is 174 g/mol. The molecule has 2 aliphatic rings. The number of rotatable bonds is 0. The molecule has 2 fully saturated rings. The van der Waals surface area contributed by atoms with Gasteiger partial charge in [0.15, 0.2) is 0 Å². The van der Waals surface area contributed by atoms with Crippen molar-refractivity contribution >= 4 is 0 Å². The summed E-state index contributed by atoms with van der Waals surface area (Å²) in [6.07, 6.45) is 2.56. The quantitative estimate of drug-likeness (QED) is 0.507. The summed E-state index contributed by atoms with van der Waals surface area (Å²) < 4.78 is 13.1. The summed E-state index contributed by atoms with van der Waals surface area (Å²) in [7, 11) is 0. The summed E-state index contributed by atoms with van der Waals surface area (Å²) in [4.78, 5) is 0. The summed E-state index contributed by atoms with van der Waals surface area (Å²) in [6.45, 7) is 2.21. The van der Waals surface area contributed by atoms with Crippen molar-refractivity contribution in [3.63, 3.8) is 0 Å². The Hall–Kier alpha value is -0.150. The molecular formula is C9H17FNO+. The van der Waals surface area contributed by atoms with Crippen molar-refractivity contribution in [3.05, 3.63) is 0 Å². The molecule has 2 N–H and O–H groups in total. The molecule has 0 saturated carbocycles. The zero-order valence-electron chi connectivity index (χ0n) is 7.46. The minimum Gasteiger partial charge on any atom is -0.338 e. The molecule has 0 amide bonds. The van der Waals surface area contributed by atoms with Crippen molar-refractivity contribution in [1.29, 1.82) is 0 Å². The zero-order chi connectivity index (χ0) is 8.72. The van der Waals surface area contributed by atoms with Crippen LogP contribution in [0.4, 0.5) is 4.39 Å². The number of piperidine rings is 2. The molecule has 2 rings (SSSR count). The number of alkyl halides is 1. The molecule has 0 radical (unpaired) electrons. The van der Waals surface area contributed by atoms with Crippen LogP contribution in [-0.2, 0) is 0 Å². The van der Waals surface area contributed by atoms with Gasteiger partial charge in [0.2, 0.25) is 0 Å². The van der Waals surface area contributed by atoms with E-state index in [0.29, 0.717) is 18.8 Å². The average Bonchev–Trinajstić information content (AvgIpc) is 1.94. The summed E-state index contributed by atoms with van der Waals surface area (Å²) in [6, 6.07) is 0.394. The van der Waals surface area contributed by atoms with Gasteiger partial charge in [0.1, 0.15) is 6.17 Å². The van der Waals surface area contributed by atoms with E-state index in [9.17, 15) is 4.39 Å². The highest BCUT2D eigenvalue weighted by atomic mass is 19.1. The first kappa shape index (κ1) is 8.45. The topological polar surface area (TPSA) is 26.1 Å². The molecule has 2 bridgehead atoms.